The van der Waals surface area contributed by atoms with Crippen molar-refractivity contribution in [2.75, 3.05) is 0 Å². The van der Waals surface area contributed by atoms with Crippen LogP contribution in [0.25, 0.3) is 0 Å². The van der Waals surface area contributed by atoms with Crippen LogP contribution in [0, 0.1) is 12.0 Å². The molecule has 0 amide bonds. The molecule has 0 saturated heterocycles. The van der Waals surface area contributed by atoms with Gasteiger partial charge in [-0.2, -0.15) is 0 Å². The minimum absolute atomic E-state index is 0.686. The molecule has 1 radical (unpaired) electrons. The SMILES string of the molecule is CCCC(c1[c]cccc1)C(C)C. The van der Waals surface area contributed by atoms with E-state index in [1.54, 1.807) is 0 Å². The quantitative estimate of drug-likeness (QED) is 0.648. The van der Waals surface area contributed by atoms with Crippen LogP contribution < -0.4 is 0 Å². The number of hydrogen-bond donors (Lipinski definition) is 0. The lowest BCUT2D eigenvalue weighted by atomic mass is 9.85. The van der Waals surface area contributed by atoms with Crippen LogP contribution in [0.1, 0.15) is 45.1 Å². The Labute approximate surface area is 82.0 Å². The smallest absolute Gasteiger partial charge is 0.0133 e. The number of rotatable bonds is 4. The minimum Gasteiger partial charge on any atom is -0.0654 e. The molecule has 0 fully saturated rings. The van der Waals surface area contributed by atoms with Crippen molar-refractivity contribution in [2.45, 2.75) is 39.5 Å². The summed E-state index contributed by atoms with van der Waals surface area (Å²) < 4.78 is 0. The van der Waals surface area contributed by atoms with Gasteiger partial charge >= 0.3 is 0 Å². The van der Waals surface area contributed by atoms with Gasteiger partial charge in [0.1, 0.15) is 0 Å². The molecule has 1 atom stereocenters. The molecule has 0 heterocycles. The van der Waals surface area contributed by atoms with Crippen molar-refractivity contribution >= 4 is 0 Å². The average molecular weight is 175 g/mol. The second-order valence-corrected chi connectivity index (χ2v) is 3.96. The fraction of sp³-hybridized carbons (Fsp3) is 0.538. The van der Waals surface area contributed by atoms with E-state index in [1.807, 2.05) is 12.1 Å². The first kappa shape index (κ1) is 10.3. The lowest BCUT2D eigenvalue weighted by molar-refractivity contribution is 0.463. The van der Waals surface area contributed by atoms with E-state index in [1.165, 1.54) is 18.4 Å². The van der Waals surface area contributed by atoms with Crippen molar-refractivity contribution < 1.29 is 0 Å². The van der Waals surface area contributed by atoms with Gasteiger partial charge in [0.25, 0.3) is 0 Å². The minimum atomic E-state index is 0.686. The summed E-state index contributed by atoms with van der Waals surface area (Å²) in [5, 5.41) is 0. The van der Waals surface area contributed by atoms with E-state index in [0.717, 1.165) is 5.92 Å². The Morgan fingerprint density at radius 1 is 1.31 bits per heavy atom. The summed E-state index contributed by atoms with van der Waals surface area (Å²) in [5.74, 6) is 1.41. The second kappa shape index (κ2) is 5.06. The van der Waals surface area contributed by atoms with Crippen molar-refractivity contribution in [3.8, 4) is 0 Å². The predicted octanol–water partition coefficient (Wildman–Crippen LogP) is 4.03. The van der Waals surface area contributed by atoms with Gasteiger partial charge in [-0.1, -0.05) is 51.5 Å². The van der Waals surface area contributed by atoms with Crippen LogP contribution in [-0.2, 0) is 0 Å². The Hall–Kier alpha value is -0.780. The molecule has 1 unspecified atom stereocenters. The van der Waals surface area contributed by atoms with Crippen molar-refractivity contribution in [1.82, 2.24) is 0 Å². The molecule has 71 valence electrons. The Balaban J connectivity index is 2.76. The molecule has 0 saturated carbocycles. The van der Waals surface area contributed by atoms with E-state index in [-0.39, 0.29) is 0 Å². The monoisotopic (exact) mass is 175 g/mol. The standard InChI is InChI=1S/C13H19/c1-4-8-13(11(2)3)12-9-6-5-7-10-12/h5-7,9,11,13H,4,8H2,1-3H3. The van der Waals surface area contributed by atoms with Gasteiger partial charge in [-0.25, -0.2) is 0 Å². The molecular weight excluding hydrogens is 156 g/mol. The van der Waals surface area contributed by atoms with Gasteiger partial charge in [-0.15, -0.1) is 0 Å². The molecule has 0 aromatic heterocycles. The first-order valence-electron chi connectivity index (χ1n) is 5.22. The number of hydrogen-bond acceptors (Lipinski definition) is 0. The average Bonchev–Trinajstić information content (AvgIpc) is 2.15. The molecular formula is C13H19. The summed E-state index contributed by atoms with van der Waals surface area (Å²) >= 11 is 0. The van der Waals surface area contributed by atoms with Gasteiger partial charge in [-0.05, 0) is 29.9 Å². The third kappa shape index (κ3) is 2.87. The van der Waals surface area contributed by atoms with E-state index in [2.05, 4.69) is 39.0 Å². The molecule has 0 nitrogen and oxygen atoms in total. The molecule has 0 bridgehead atoms. The second-order valence-electron chi connectivity index (χ2n) is 3.96. The Bertz CT molecular complexity index is 223. The lowest BCUT2D eigenvalue weighted by Gasteiger charge is -2.20. The summed E-state index contributed by atoms with van der Waals surface area (Å²) in [6.45, 7) is 6.83. The zero-order valence-corrected chi connectivity index (χ0v) is 8.88. The van der Waals surface area contributed by atoms with Gasteiger partial charge in [0.15, 0.2) is 0 Å². The number of benzene rings is 1. The van der Waals surface area contributed by atoms with Gasteiger partial charge in [0, 0.05) is 0 Å². The summed E-state index contributed by atoms with van der Waals surface area (Å²) in [6, 6.07) is 11.7. The van der Waals surface area contributed by atoms with E-state index in [9.17, 15) is 0 Å². The van der Waals surface area contributed by atoms with E-state index in [4.69, 9.17) is 0 Å². The van der Waals surface area contributed by atoms with Crippen LogP contribution in [0.3, 0.4) is 0 Å². The molecule has 0 aliphatic heterocycles. The van der Waals surface area contributed by atoms with Gasteiger partial charge in [0.2, 0.25) is 0 Å². The Morgan fingerprint density at radius 2 is 2.08 bits per heavy atom. The van der Waals surface area contributed by atoms with Crippen LogP contribution in [0.5, 0.6) is 0 Å². The maximum atomic E-state index is 3.33. The highest BCUT2D eigenvalue weighted by Gasteiger charge is 2.13. The zero-order chi connectivity index (χ0) is 9.68. The van der Waals surface area contributed by atoms with Crippen LogP contribution in [0.4, 0.5) is 0 Å². The van der Waals surface area contributed by atoms with Crippen molar-refractivity contribution in [3.05, 3.63) is 35.9 Å². The maximum absolute atomic E-state index is 3.33. The molecule has 0 spiro atoms. The fourth-order valence-corrected chi connectivity index (χ4v) is 1.80. The lowest BCUT2D eigenvalue weighted by Crippen LogP contribution is -2.06. The van der Waals surface area contributed by atoms with Crippen LogP contribution >= 0.6 is 0 Å². The summed E-state index contributed by atoms with van der Waals surface area (Å²) in [6.07, 6.45) is 2.53. The molecule has 13 heavy (non-hydrogen) atoms. The first-order valence-corrected chi connectivity index (χ1v) is 5.22. The van der Waals surface area contributed by atoms with E-state index in [0.29, 0.717) is 5.92 Å². The topological polar surface area (TPSA) is 0 Å². The van der Waals surface area contributed by atoms with E-state index < -0.39 is 0 Å². The van der Waals surface area contributed by atoms with Gasteiger partial charge in [0.05, 0.1) is 0 Å². The van der Waals surface area contributed by atoms with Crippen molar-refractivity contribution in [3.63, 3.8) is 0 Å². The highest BCUT2D eigenvalue weighted by Crippen LogP contribution is 2.28. The molecule has 0 N–H and O–H groups in total. The van der Waals surface area contributed by atoms with Crippen molar-refractivity contribution in [2.24, 2.45) is 5.92 Å². The van der Waals surface area contributed by atoms with Crippen LogP contribution in [0.15, 0.2) is 24.3 Å². The van der Waals surface area contributed by atoms with Gasteiger partial charge in [-0.3, -0.25) is 0 Å². The largest absolute Gasteiger partial charge is 0.0654 e. The molecule has 1 rings (SSSR count). The molecule has 0 aliphatic rings. The van der Waals surface area contributed by atoms with Crippen LogP contribution in [-0.4, -0.2) is 0 Å². The Kier molecular flexibility index (Phi) is 4.01. The highest BCUT2D eigenvalue weighted by molar-refractivity contribution is 5.18. The predicted molar refractivity (Wildman–Crippen MR) is 57.8 cm³/mol. The maximum Gasteiger partial charge on any atom is -0.0133 e. The van der Waals surface area contributed by atoms with Crippen LogP contribution in [0.2, 0.25) is 0 Å². The normalized spacial score (nSPS) is 13.2. The third-order valence-corrected chi connectivity index (χ3v) is 2.54. The molecule has 0 aliphatic carbocycles. The molecule has 0 heteroatoms. The summed E-state index contributed by atoms with van der Waals surface area (Å²) in [7, 11) is 0. The highest BCUT2D eigenvalue weighted by atomic mass is 14.2. The third-order valence-electron chi connectivity index (χ3n) is 2.54. The first-order chi connectivity index (χ1) is 6.25. The zero-order valence-electron chi connectivity index (χ0n) is 8.88. The summed E-state index contributed by atoms with van der Waals surface area (Å²) in [5.41, 5.74) is 1.37. The van der Waals surface area contributed by atoms with Gasteiger partial charge < -0.3 is 0 Å². The van der Waals surface area contributed by atoms with Crippen molar-refractivity contribution in [1.29, 1.82) is 0 Å². The summed E-state index contributed by atoms with van der Waals surface area (Å²) in [4.78, 5) is 0. The van der Waals surface area contributed by atoms with E-state index >= 15 is 0 Å². The Morgan fingerprint density at radius 3 is 2.54 bits per heavy atom. The molecule has 1 aromatic rings. The molecule has 1 aromatic carbocycles. The fourth-order valence-electron chi connectivity index (χ4n) is 1.80.